The molecule has 0 aliphatic carbocycles. The van der Waals surface area contributed by atoms with E-state index in [-0.39, 0.29) is 30.6 Å². The number of ether oxygens (including phenoxy) is 1. The molecule has 6 rings (SSSR count). The minimum absolute atomic E-state index is 0.188. The highest BCUT2D eigenvalue weighted by Gasteiger charge is 2.40. The van der Waals surface area contributed by atoms with E-state index in [4.69, 9.17) is 4.74 Å². The van der Waals surface area contributed by atoms with Crippen molar-refractivity contribution in [3.63, 3.8) is 0 Å². The van der Waals surface area contributed by atoms with Crippen molar-refractivity contribution in [2.45, 2.75) is 51.5 Å². The summed E-state index contributed by atoms with van der Waals surface area (Å²) >= 11 is 0. The van der Waals surface area contributed by atoms with Gasteiger partial charge in [0.25, 0.3) is 5.91 Å². The van der Waals surface area contributed by atoms with Crippen molar-refractivity contribution in [2.75, 3.05) is 6.54 Å². The van der Waals surface area contributed by atoms with Crippen molar-refractivity contribution in [3.8, 4) is 5.75 Å². The molecule has 3 aliphatic rings. The Hall–Kier alpha value is -4.04. The zero-order valence-corrected chi connectivity index (χ0v) is 20.9. The third kappa shape index (κ3) is 4.79. The molecule has 3 aromatic carbocycles. The van der Waals surface area contributed by atoms with E-state index in [1.807, 2.05) is 24.3 Å². The van der Waals surface area contributed by atoms with E-state index in [0.717, 1.165) is 42.7 Å². The van der Waals surface area contributed by atoms with Gasteiger partial charge in [-0.05, 0) is 59.4 Å². The Bertz CT molecular complexity index is 1420. The molecule has 194 valence electrons. The predicted octanol–water partition coefficient (Wildman–Crippen LogP) is 3.72. The van der Waals surface area contributed by atoms with Gasteiger partial charge >= 0.3 is 0 Å². The molecule has 8 heteroatoms. The van der Waals surface area contributed by atoms with E-state index in [9.17, 15) is 18.8 Å². The third-order valence-corrected chi connectivity index (χ3v) is 7.62. The Morgan fingerprint density at radius 3 is 2.55 bits per heavy atom. The molecule has 3 amide bonds. The number of halogens is 1. The van der Waals surface area contributed by atoms with Crippen LogP contribution < -0.4 is 10.1 Å². The Morgan fingerprint density at radius 1 is 0.921 bits per heavy atom. The molecule has 3 aromatic rings. The van der Waals surface area contributed by atoms with Gasteiger partial charge in [0, 0.05) is 37.2 Å². The van der Waals surface area contributed by atoms with Crippen molar-refractivity contribution in [2.24, 2.45) is 0 Å². The molecule has 0 unspecified atom stereocenters. The maximum atomic E-state index is 13.6. The maximum Gasteiger partial charge on any atom is 0.255 e. The summed E-state index contributed by atoms with van der Waals surface area (Å²) in [6, 6.07) is 18.0. The molecule has 0 bridgehead atoms. The van der Waals surface area contributed by atoms with Crippen LogP contribution in [0, 0.1) is 5.82 Å². The van der Waals surface area contributed by atoms with Crippen LogP contribution in [0.4, 0.5) is 4.39 Å². The Balaban J connectivity index is 1.08. The number of benzene rings is 3. The normalized spacial score (nSPS) is 19.2. The standard InChI is InChI=1S/C30H28FN3O4/c31-23-9-8-21-12-13-33(16-22(21)14-23)15-19-4-6-20(7-5-19)18-38-27-3-1-2-24-25(27)17-34(30(24)37)26-10-11-28(35)32-29(26)36/h1-9,14,26H,10-13,15-18H2,(H,32,35,36)/t26-/m0/s1. The minimum atomic E-state index is -0.652. The molecule has 0 radical (unpaired) electrons. The molecule has 0 saturated carbocycles. The van der Waals surface area contributed by atoms with Crippen LogP contribution in [0.3, 0.4) is 0 Å². The summed E-state index contributed by atoms with van der Waals surface area (Å²) in [6.07, 6.45) is 1.47. The molecule has 0 spiro atoms. The van der Waals surface area contributed by atoms with Crippen LogP contribution in [0.5, 0.6) is 5.75 Å². The lowest BCUT2D eigenvalue weighted by Crippen LogP contribution is -2.52. The topological polar surface area (TPSA) is 79.0 Å². The van der Waals surface area contributed by atoms with Crippen LogP contribution in [-0.4, -0.2) is 40.1 Å². The number of hydrogen-bond donors (Lipinski definition) is 1. The fourth-order valence-corrected chi connectivity index (χ4v) is 5.57. The molecule has 7 nitrogen and oxygen atoms in total. The largest absolute Gasteiger partial charge is 0.489 e. The van der Waals surface area contributed by atoms with E-state index >= 15 is 0 Å². The average Bonchev–Trinajstić information content (AvgIpc) is 3.24. The van der Waals surface area contributed by atoms with E-state index in [2.05, 4.69) is 22.3 Å². The molecule has 1 N–H and O–H groups in total. The first-order valence-corrected chi connectivity index (χ1v) is 12.9. The fraction of sp³-hybridized carbons (Fsp3) is 0.300. The summed E-state index contributed by atoms with van der Waals surface area (Å²) in [5, 5.41) is 2.33. The molecular weight excluding hydrogens is 485 g/mol. The first-order chi connectivity index (χ1) is 18.4. The molecule has 1 atom stereocenters. The van der Waals surface area contributed by atoms with Gasteiger partial charge in [-0.1, -0.05) is 36.4 Å². The summed E-state index contributed by atoms with van der Waals surface area (Å²) in [7, 11) is 0. The van der Waals surface area contributed by atoms with Crippen LogP contribution >= 0.6 is 0 Å². The number of imide groups is 1. The number of carbonyl (C=O) groups excluding carboxylic acids is 3. The van der Waals surface area contributed by atoms with Gasteiger partial charge in [-0.15, -0.1) is 0 Å². The van der Waals surface area contributed by atoms with E-state index in [1.165, 1.54) is 22.1 Å². The number of carbonyl (C=O) groups is 3. The van der Waals surface area contributed by atoms with Gasteiger partial charge in [0.05, 0.1) is 6.54 Å². The van der Waals surface area contributed by atoms with Crippen LogP contribution in [0.2, 0.25) is 0 Å². The second kappa shape index (κ2) is 10.0. The molecule has 1 saturated heterocycles. The lowest BCUT2D eigenvalue weighted by atomic mass is 9.99. The van der Waals surface area contributed by atoms with E-state index in [0.29, 0.717) is 24.3 Å². The van der Waals surface area contributed by atoms with Gasteiger partial charge in [-0.3, -0.25) is 24.6 Å². The highest BCUT2D eigenvalue weighted by atomic mass is 19.1. The summed E-state index contributed by atoms with van der Waals surface area (Å²) in [5.41, 5.74) is 5.77. The van der Waals surface area contributed by atoms with Crippen molar-refractivity contribution in [1.82, 2.24) is 15.1 Å². The summed E-state index contributed by atoms with van der Waals surface area (Å²) in [4.78, 5) is 40.7. The number of rotatable bonds is 6. The predicted molar refractivity (Wildman–Crippen MR) is 137 cm³/mol. The van der Waals surface area contributed by atoms with Crippen molar-refractivity contribution in [3.05, 3.63) is 99.9 Å². The first kappa shape index (κ1) is 24.3. The van der Waals surface area contributed by atoms with Gasteiger partial charge in [0.1, 0.15) is 24.2 Å². The molecule has 38 heavy (non-hydrogen) atoms. The number of nitrogens with one attached hydrogen (secondary N) is 1. The zero-order chi connectivity index (χ0) is 26.2. The van der Waals surface area contributed by atoms with Crippen molar-refractivity contribution in [1.29, 1.82) is 0 Å². The quantitative estimate of drug-likeness (QED) is 0.509. The lowest BCUT2D eigenvalue weighted by molar-refractivity contribution is -0.136. The lowest BCUT2D eigenvalue weighted by Gasteiger charge is -2.29. The molecule has 3 heterocycles. The van der Waals surface area contributed by atoms with Crippen molar-refractivity contribution < 1.29 is 23.5 Å². The SMILES string of the molecule is O=C1CC[C@H](N2Cc3c(OCc4ccc(CN5CCc6ccc(F)cc6C5)cc4)cccc3C2=O)C(=O)N1. The molecular formula is C30H28FN3O4. The van der Waals surface area contributed by atoms with Crippen LogP contribution in [0.15, 0.2) is 60.7 Å². The molecule has 3 aliphatic heterocycles. The van der Waals surface area contributed by atoms with Crippen LogP contribution in [0.25, 0.3) is 0 Å². The Morgan fingerprint density at radius 2 is 1.74 bits per heavy atom. The van der Waals surface area contributed by atoms with Gasteiger partial charge < -0.3 is 9.64 Å². The van der Waals surface area contributed by atoms with Crippen LogP contribution in [-0.2, 0) is 42.3 Å². The summed E-state index contributed by atoms with van der Waals surface area (Å²) in [6.45, 7) is 3.10. The Labute approximate surface area is 220 Å². The van der Waals surface area contributed by atoms with Crippen molar-refractivity contribution >= 4 is 17.7 Å². The number of amides is 3. The fourth-order valence-electron chi connectivity index (χ4n) is 5.57. The van der Waals surface area contributed by atoms with E-state index < -0.39 is 11.9 Å². The second-order valence-corrected chi connectivity index (χ2v) is 10.2. The number of nitrogens with zero attached hydrogens (tertiary/aromatic N) is 2. The third-order valence-electron chi connectivity index (χ3n) is 7.62. The number of piperidine rings is 1. The monoisotopic (exact) mass is 513 g/mol. The highest BCUT2D eigenvalue weighted by Crippen LogP contribution is 2.34. The zero-order valence-electron chi connectivity index (χ0n) is 20.9. The molecule has 0 aromatic heterocycles. The van der Waals surface area contributed by atoms with Gasteiger partial charge in [-0.2, -0.15) is 0 Å². The van der Waals surface area contributed by atoms with Crippen LogP contribution in [0.1, 0.15) is 51.0 Å². The number of fused-ring (bicyclic) bond motifs is 2. The maximum absolute atomic E-state index is 13.6. The van der Waals surface area contributed by atoms with Gasteiger partial charge in [0.15, 0.2) is 0 Å². The summed E-state index contributed by atoms with van der Waals surface area (Å²) < 4.78 is 19.8. The van der Waals surface area contributed by atoms with Gasteiger partial charge in [0.2, 0.25) is 11.8 Å². The average molecular weight is 514 g/mol. The second-order valence-electron chi connectivity index (χ2n) is 10.2. The highest BCUT2D eigenvalue weighted by molar-refractivity contribution is 6.05. The van der Waals surface area contributed by atoms with Gasteiger partial charge in [-0.25, -0.2) is 4.39 Å². The molecule has 1 fully saturated rings. The first-order valence-electron chi connectivity index (χ1n) is 12.9. The smallest absolute Gasteiger partial charge is 0.255 e. The minimum Gasteiger partial charge on any atom is -0.489 e. The van der Waals surface area contributed by atoms with E-state index in [1.54, 1.807) is 18.2 Å². The Kier molecular flexibility index (Phi) is 6.41. The summed E-state index contributed by atoms with van der Waals surface area (Å²) in [5.74, 6) is -0.513. The number of hydrogen-bond acceptors (Lipinski definition) is 5.